The fourth-order valence-corrected chi connectivity index (χ4v) is 2.69. The largest absolute Gasteiger partial charge is 0.496 e. The summed E-state index contributed by atoms with van der Waals surface area (Å²) in [5.41, 5.74) is -1.41. The molecule has 0 aliphatic heterocycles. The van der Waals surface area contributed by atoms with E-state index in [1.165, 1.54) is 33.1 Å². The number of methoxy groups -OCH3 is 1. The van der Waals surface area contributed by atoms with Crippen LogP contribution in [0.3, 0.4) is 0 Å². The van der Waals surface area contributed by atoms with Gasteiger partial charge in [0.15, 0.2) is 6.10 Å². The lowest BCUT2D eigenvalue weighted by Crippen LogP contribution is -2.44. The lowest BCUT2D eigenvalue weighted by atomic mass is 9.91. The van der Waals surface area contributed by atoms with Gasteiger partial charge in [0.05, 0.1) is 18.6 Å². The Labute approximate surface area is 157 Å². The molecule has 1 aromatic carbocycles. The van der Waals surface area contributed by atoms with E-state index in [-0.39, 0.29) is 11.7 Å². The number of carbonyl (C=O) groups excluding carboxylic acids is 1. The van der Waals surface area contributed by atoms with Gasteiger partial charge in [-0.1, -0.05) is 13.8 Å². The summed E-state index contributed by atoms with van der Waals surface area (Å²) in [6.45, 7) is 6.48. The molecule has 0 unspecified atom stereocenters. The molecule has 1 aromatic heterocycles. The molecule has 0 amide bonds. The van der Waals surface area contributed by atoms with Gasteiger partial charge in [0.1, 0.15) is 17.4 Å². The Bertz CT molecular complexity index is 863. The monoisotopic (exact) mass is 378 g/mol. The molecule has 0 spiro atoms. The third-order valence-electron chi connectivity index (χ3n) is 4.53. The van der Waals surface area contributed by atoms with E-state index in [1.807, 2.05) is 6.92 Å². The standard InChI is InChI=1S/C20H26O7/c1-6-11(2)19(23)27-18(20(3,4)24)17(22)13-9-12-7-8-16(21)26-14(12)10-15(13)25-5/h7-11,17-18,22,24H,6H2,1-5H3/t11-,17-,18-/m1/s1. The molecule has 27 heavy (non-hydrogen) atoms. The van der Waals surface area contributed by atoms with Gasteiger partial charge in [-0.05, 0) is 32.4 Å². The van der Waals surface area contributed by atoms with Gasteiger partial charge in [-0.15, -0.1) is 0 Å². The molecule has 0 aliphatic rings. The summed E-state index contributed by atoms with van der Waals surface area (Å²) in [6.07, 6.45) is -2.00. The van der Waals surface area contributed by atoms with Gasteiger partial charge in [-0.3, -0.25) is 4.79 Å². The topological polar surface area (TPSA) is 106 Å². The van der Waals surface area contributed by atoms with Crippen molar-refractivity contribution in [3.05, 3.63) is 40.2 Å². The van der Waals surface area contributed by atoms with Gasteiger partial charge < -0.3 is 24.1 Å². The number of esters is 1. The van der Waals surface area contributed by atoms with E-state index in [1.54, 1.807) is 19.1 Å². The minimum Gasteiger partial charge on any atom is -0.496 e. The minimum atomic E-state index is -1.51. The molecule has 3 atom stereocenters. The average molecular weight is 378 g/mol. The number of rotatable bonds is 7. The van der Waals surface area contributed by atoms with Crippen molar-refractivity contribution in [1.29, 1.82) is 0 Å². The second-order valence-corrected chi connectivity index (χ2v) is 7.15. The highest BCUT2D eigenvalue weighted by Crippen LogP contribution is 2.36. The van der Waals surface area contributed by atoms with E-state index in [4.69, 9.17) is 13.9 Å². The predicted molar refractivity (Wildman–Crippen MR) is 99.6 cm³/mol. The Morgan fingerprint density at radius 3 is 2.52 bits per heavy atom. The maximum absolute atomic E-state index is 12.2. The van der Waals surface area contributed by atoms with Crippen molar-refractivity contribution >= 4 is 16.9 Å². The van der Waals surface area contributed by atoms with Crippen molar-refractivity contribution in [1.82, 2.24) is 0 Å². The summed E-state index contributed by atoms with van der Waals surface area (Å²) in [6, 6.07) is 5.88. The minimum absolute atomic E-state index is 0.248. The van der Waals surface area contributed by atoms with Crippen molar-refractivity contribution in [3.8, 4) is 5.75 Å². The Balaban J connectivity index is 2.50. The van der Waals surface area contributed by atoms with Crippen LogP contribution in [0.4, 0.5) is 0 Å². The zero-order chi connectivity index (χ0) is 20.4. The molecular weight excluding hydrogens is 352 g/mol. The van der Waals surface area contributed by atoms with Crippen LogP contribution in [0.5, 0.6) is 5.75 Å². The fourth-order valence-electron chi connectivity index (χ4n) is 2.69. The number of ether oxygens (including phenoxy) is 2. The summed E-state index contributed by atoms with van der Waals surface area (Å²) in [4.78, 5) is 23.7. The van der Waals surface area contributed by atoms with Crippen LogP contribution in [-0.4, -0.2) is 35.0 Å². The smallest absolute Gasteiger partial charge is 0.336 e. The van der Waals surface area contributed by atoms with E-state index in [2.05, 4.69) is 0 Å². The maximum atomic E-state index is 12.2. The molecular formula is C20H26O7. The number of carbonyl (C=O) groups is 1. The van der Waals surface area contributed by atoms with Crippen LogP contribution in [0.2, 0.25) is 0 Å². The van der Waals surface area contributed by atoms with Crippen LogP contribution in [0.25, 0.3) is 11.0 Å². The van der Waals surface area contributed by atoms with Crippen molar-refractivity contribution < 1.29 is 28.9 Å². The zero-order valence-electron chi connectivity index (χ0n) is 16.2. The first kappa shape index (κ1) is 20.9. The molecule has 0 aliphatic carbocycles. The lowest BCUT2D eigenvalue weighted by molar-refractivity contribution is -0.180. The number of hydrogen-bond donors (Lipinski definition) is 2. The van der Waals surface area contributed by atoms with E-state index in [0.717, 1.165) is 0 Å². The first-order valence-electron chi connectivity index (χ1n) is 8.81. The summed E-state index contributed by atoms with van der Waals surface area (Å²) in [7, 11) is 1.41. The lowest BCUT2D eigenvalue weighted by Gasteiger charge is -2.34. The van der Waals surface area contributed by atoms with Crippen molar-refractivity contribution in [3.63, 3.8) is 0 Å². The van der Waals surface area contributed by atoms with Crippen LogP contribution >= 0.6 is 0 Å². The highest BCUT2D eigenvalue weighted by Gasteiger charge is 2.39. The van der Waals surface area contributed by atoms with E-state index in [0.29, 0.717) is 23.0 Å². The van der Waals surface area contributed by atoms with Crippen LogP contribution in [0.15, 0.2) is 33.5 Å². The van der Waals surface area contributed by atoms with Gasteiger partial charge in [0.25, 0.3) is 0 Å². The first-order valence-corrected chi connectivity index (χ1v) is 8.81. The van der Waals surface area contributed by atoms with Crippen molar-refractivity contribution in [2.45, 2.75) is 51.9 Å². The number of aliphatic hydroxyl groups excluding tert-OH is 1. The van der Waals surface area contributed by atoms with Crippen LogP contribution in [0.1, 0.15) is 45.8 Å². The van der Waals surface area contributed by atoms with E-state index >= 15 is 0 Å². The van der Waals surface area contributed by atoms with Crippen LogP contribution < -0.4 is 10.4 Å². The van der Waals surface area contributed by atoms with Gasteiger partial charge in [0.2, 0.25) is 0 Å². The molecule has 7 heteroatoms. The zero-order valence-corrected chi connectivity index (χ0v) is 16.2. The van der Waals surface area contributed by atoms with Gasteiger partial charge in [0, 0.05) is 23.1 Å². The predicted octanol–water partition coefficient (Wildman–Crippen LogP) is 2.56. The average Bonchev–Trinajstić information content (AvgIpc) is 2.62. The summed E-state index contributed by atoms with van der Waals surface area (Å²) in [5.74, 6) is -0.623. The highest BCUT2D eigenvalue weighted by molar-refractivity contribution is 5.79. The van der Waals surface area contributed by atoms with Crippen molar-refractivity contribution in [2.24, 2.45) is 5.92 Å². The second-order valence-electron chi connectivity index (χ2n) is 7.15. The summed E-state index contributed by atoms with van der Waals surface area (Å²) < 4.78 is 15.9. The van der Waals surface area contributed by atoms with Crippen molar-refractivity contribution in [2.75, 3.05) is 7.11 Å². The van der Waals surface area contributed by atoms with Gasteiger partial charge in [-0.2, -0.15) is 0 Å². The normalized spacial score (nSPS) is 15.2. The Morgan fingerprint density at radius 1 is 1.30 bits per heavy atom. The molecule has 0 fully saturated rings. The number of aliphatic hydroxyl groups is 2. The van der Waals surface area contributed by atoms with E-state index < -0.39 is 29.4 Å². The molecule has 7 nitrogen and oxygen atoms in total. The number of benzene rings is 1. The molecule has 1 heterocycles. The van der Waals surface area contributed by atoms with E-state index in [9.17, 15) is 19.8 Å². The molecule has 2 rings (SSSR count). The number of hydrogen-bond acceptors (Lipinski definition) is 7. The molecule has 0 bridgehead atoms. The second kappa shape index (κ2) is 8.10. The molecule has 2 aromatic rings. The molecule has 0 saturated carbocycles. The third-order valence-corrected chi connectivity index (χ3v) is 4.53. The molecule has 0 saturated heterocycles. The van der Waals surface area contributed by atoms with Gasteiger partial charge in [-0.25, -0.2) is 4.79 Å². The fraction of sp³-hybridized carbons (Fsp3) is 0.500. The van der Waals surface area contributed by atoms with Crippen LogP contribution in [-0.2, 0) is 9.53 Å². The summed E-state index contributed by atoms with van der Waals surface area (Å²) in [5, 5.41) is 22.0. The molecule has 2 N–H and O–H groups in total. The molecule has 0 radical (unpaired) electrons. The first-order chi connectivity index (χ1) is 12.6. The Morgan fingerprint density at radius 2 is 1.96 bits per heavy atom. The summed E-state index contributed by atoms with van der Waals surface area (Å²) >= 11 is 0. The SMILES string of the molecule is CC[C@@H](C)C(=O)O[C@H]([C@H](O)c1cc2ccc(=O)oc2cc1OC)C(C)(C)O. The van der Waals surface area contributed by atoms with Gasteiger partial charge >= 0.3 is 11.6 Å². The highest BCUT2D eigenvalue weighted by atomic mass is 16.6. The Kier molecular flexibility index (Phi) is 6.28. The quantitative estimate of drug-likeness (QED) is 0.563. The molecule has 148 valence electrons. The third kappa shape index (κ3) is 4.67. The maximum Gasteiger partial charge on any atom is 0.336 e. The number of fused-ring (bicyclic) bond motifs is 1. The Hall–Kier alpha value is -2.38. The van der Waals surface area contributed by atoms with Crippen LogP contribution in [0, 0.1) is 5.92 Å².